The van der Waals surface area contributed by atoms with E-state index >= 15 is 0 Å². The van der Waals surface area contributed by atoms with Crippen LogP contribution >= 0.6 is 0 Å². The number of fused-ring (bicyclic) bond motifs is 1. The van der Waals surface area contributed by atoms with Gasteiger partial charge in [0.15, 0.2) is 0 Å². The first-order chi connectivity index (χ1) is 11.8. The molecule has 0 spiro atoms. The summed E-state index contributed by atoms with van der Waals surface area (Å²) in [5.41, 5.74) is 2.46. The standard InChI is InChI=1S/C18H20N2O4S/c1-13-10-11-15(20(21)22)12-18(13)25(23,24)19(2)17-9-5-7-14-6-3-4-8-16(14)17/h3-4,6,8,10-12,17H,5,7,9H2,1-2H3. The quantitative estimate of drug-likeness (QED) is 0.616. The molecule has 0 bridgehead atoms. The second-order valence-corrected chi connectivity index (χ2v) is 8.30. The zero-order chi connectivity index (χ0) is 18.2. The Balaban J connectivity index is 2.04. The minimum Gasteiger partial charge on any atom is -0.258 e. The molecule has 0 amide bonds. The molecule has 0 saturated carbocycles. The van der Waals surface area contributed by atoms with Crippen molar-refractivity contribution in [3.8, 4) is 0 Å². The first-order valence-electron chi connectivity index (χ1n) is 8.13. The molecule has 1 atom stereocenters. The molecule has 0 aromatic heterocycles. The summed E-state index contributed by atoms with van der Waals surface area (Å²) in [6.07, 6.45) is 2.59. The number of aryl methyl sites for hydroxylation is 2. The van der Waals surface area contributed by atoms with Gasteiger partial charge in [-0.1, -0.05) is 30.3 Å². The van der Waals surface area contributed by atoms with Crippen molar-refractivity contribution in [3.05, 3.63) is 69.3 Å². The highest BCUT2D eigenvalue weighted by Gasteiger charge is 2.33. The summed E-state index contributed by atoms with van der Waals surface area (Å²) in [6.45, 7) is 1.65. The Morgan fingerprint density at radius 1 is 1.20 bits per heavy atom. The molecular formula is C18H20N2O4S. The van der Waals surface area contributed by atoms with Gasteiger partial charge in [0.1, 0.15) is 0 Å². The number of benzene rings is 2. The Morgan fingerprint density at radius 2 is 1.92 bits per heavy atom. The van der Waals surface area contributed by atoms with Crippen LogP contribution in [0.2, 0.25) is 0 Å². The second kappa shape index (κ2) is 6.57. The monoisotopic (exact) mass is 360 g/mol. The highest BCUT2D eigenvalue weighted by Crippen LogP contribution is 2.37. The van der Waals surface area contributed by atoms with Crippen molar-refractivity contribution in [2.45, 2.75) is 37.1 Å². The number of hydrogen-bond donors (Lipinski definition) is 0. The second-order valence-electron chi connectivity index (χ2n) is 6.33. The van der Waals surface area contributed by atoms with E-state index in [1.165, 1.54) is 16.4 Å². The number of non-ortho nitro benzene ring substituents is 1. The molecule has 1 aliphatic rings. The van der Waals surface area contributed by atoms with Crippen molar-refractivity contribution in [1.82, 2.24) is 4.31 Å². The van der Waals surface area contributed by atoms with Crippen LogP contribution < -0.4 is 0 Å². The number of rotatable bonds is 4. The van der Waals surface area contributed by atoms with E-state index in [1.807, 2.05) is 24.3 Å². The van der Waals surface area contributed by atoms with Gasteiger partial charge in [-0.25, -0.2) is 8.42 Å². The summed E-state index contributed by atoms with van der Waals surface area (Å²) >= 11 is 0. The van der Waals surface area contributed by atoms with Crippen molar-refractivity contribution >= 4 is 15.7 Å². The van der Waals surface area contributed by atoms with E-state index in [1.54, 1.807) is 14.0 Å². The van der Waals surface area contributed by atoms with E-state index in [-0.39, 0.29) is 16.6 Å². The zero-order valence-electron chi connectivity index (χ0n) is 14.2. The topological polar surface area (TPSA) is 80.5 Å². The normalized spacial score (nSPS) is 17.3. The minimum atomic E-state index is -3.84. The van der Waals surface area contributed by atoms with Crippen LogP contribution in [-0.2, 0) is 16.4 Å². The van der Waals surface area contributed by atoms with Crippen molar-refractivity contribution in [3.63, 3.8) is 0 Å². The van der Waals surface area contributed by atoms with Crippen molar-refractivity contribution in [2.24, 2.45) is 0 Å². The fourth-order valence-corrected chi connectivity index (χ4v) is 5.02. The maximum absolute atomic E-state index is 13.1. The van der Waals surface area contributed by atoms with Crippen LogP contribution in [0.1, 0.15) is 35.6 Å². The van der Waals surface area contributed by atoms with Crippen LogP contribution in [0.15, 0.2) is 47.4 Å². The zero-order valence-corrected chi connectivity index (χ0v) is 15.0. The van der Waals surface area contributed by atoms with Crippen molar-refractivity contribution in [2.75, 3.05) is 7.05 Å². The van der Waals surface area contributed by atoms with Crippen LogP contribution in [0, 0.1) is 17.0 Å². The van der Waals surface area contributed by atoms with Gasteiger partial charge in [0.25, 0.3) is 5.69 Å². The van der Waals surface area contributed by atoms with Gasteiger partial charge >= 0.3 is 0 Å². The van der Waals surface area contributed by atoms with Crippen LogP contribution in [-0.4, -0.2) is 24.7 Å². The molecule has 0 fully saturated rings. The summed E-state index contributed by atoms with van der Waals surface area (Å²) < 4.78 is 27.6. The largest absolute Gasteiger partial charge is 0.270 e. The summed E-state index contributed by atoms with van der Waals surface area (Å²) in [7, 11) is -2.28. The van der Waals surface area contributed by atoms with E-state index in [9.17, 15) is 18.5 Å². The molecule has 7 heteroatoms. The predicted octanol–water partition coefficient (Wildman–Crippen LogP) is 3.60. The average Bonchev–Trinajstić information content (AvgIpc) is 2.60. The van der Waals surface area contributed by atoms with Crippen LogP contribution in [0.5, 0.6) is 0 Å². The first kappa shape index (κ1) is 17.6. The maximum atomic E-state index is 13.1. The van der Waals surface area contributed by atoms with Gasteiger partial charge in [0, 0.05) is 25.2 Å². The predicted molar refractivity (Wildman–Crippen MR) is 94.9 cm³/mol. The van der Waals surface area contributed by atoms with E-state index in [2.05, 4.69) is 0 Å². The lowest BCUT2D eigenvalue weighted by Crippen LogP contribution is -2.33. The molecule has 6 nitrogen and oxygen atoms in total. The molecule has 1 aliphatic carbocycles. The number of nitro groups is 1. The van der Waals surface area contributed by atoms with Crippen LogP contribution in [0.3, 0.4) is 0 Å². The molecule has 0 saturated heterocycles. The van der Waals surface area contributed by atoms with Gasteiger partial charge in [0.2, 0.25) is 10.0 Å². The molecule has 3 rings (SSSR count). The highest BCUT2D eigenvalue weighted by atomic mass is 32.2. The van der Waals surface area contributed by atoms with Gasteiger partial charge in [-0.05, 0) is 42.9 Å². The number of nitro benzene ring substituents is 1. The van der Waals surface area contributed by atoms with E-state index in [0.29, 0.717) is 5.56 Å². The molecule has 132 valence electrons. The van der Waals surface area contributed by atoms with Crippen molar-refractivity contribution < 1.29 is 13.3 Å². The average molecular weight is 360 g/mol. The lowest BCUT2D eigenvalue weighted by molar-refractivity contribution is -0.385. The van der Waals surface area contributed by atoms with E-state index < -0.39 is 14.9 Å². The smallest absolute Gasteiger partial charge is 0.258 e. The van der Waals surface area contributed by atoms with Gasteiger partial charge in [0.05, 0.1) is 9.82 Å². The molecule has 0 aliphatic heterocycles. The summed E-state index contributed by atoms with van der Waals surface area (Å²) in [6, 6.07) is 11.6. The third-order valence-corrected chi connectivity index (χ3v) is 6.82. The highest BCUT2D eigenvalue weighted by molar-refractivity contribution is 7.89. The van der Waals surface area contributed by atoms with Gasteiger partial charge in [-0.3, -0.25) is 10.1 Å². The Kier molecular flexibility index (Phi) is 4.62. The van der Waals surface area contributed by atoms with Gasteiger partial charge in [-0.2, -0.15) is 4.31 Å². The van der Waals surface area contributed by atoms with E-state index in [4.69, 9.17) is 0 Å². The Hall–Kier alpha value is -2.25. The van der Waals surface area contributed by atoms with E-state index in [0.717, 1.165) is 36.5 Å². The Bertz CT molecular complexity index is 924. The lowest BCUT2D eigenvalue weighted by Gasteiger charge is -2.32. The minimum absolute atomic E-state index is 0.00717. The Morgan fingerprint density at radius 3 is 2.64 bits per heavy atom. The first-order valence-corrected chi connectivity index (χ1v) is 9.57. The third kappa shape index (κ3) is 3.17. The summed E-state index contributed by atoms with van der Waals surface area (Å²) in [4.78, 5) is 10.4. The molecule has 0 N–H and O–H groups in total. The Labute approximate surface area is 147 Å². The fraction of sp³-hybridized carbons (Fsp3) is 0.333. The number of hydrogen-bond acceptors (Lipinski definition) is 4. The van der Waals surface area contributed by atoms with Crippen LogP contribution in [0.4, 0.5) is 5.69 Å². The summed E-state index contributed by atoms with van der Waals surface area (Å²) in [5.74, 6) is 0. The molecule has 25 heavy (non-hydrogen) atoms. The SMILES string of the molecule is Cc1ccc([N+](=O)[O-])cc1S(=O)(=O)N(C)C1CCCc2ccccc21. The van der Waals surface area contributed by atoms with Crippen LogP contribution in [0.25, 0.3) is 0 Å². The summed E-state index contributed by atoms with van der Waals surface area (Å²) in [5, 5.41) is 11.0. The molecule has 1 unspecified atom stereocenters. The molecule has 2 aromatic carbocycles. The molecular weight excluding hydrogens is 340 g/mol. The third-order valence-electron chi connectivity index (χ3n) is 4.82. The van der Waals surface area contributed by atoms with Gasteiger partial charge < -0.3 is 0 Å². The maximum Gasteiger partial charge on any atom is 0.270 e. The fourth-order valence-electron chi connectivity index (χ4n) is 3.41. The number of nitrogens with zero attached hydrogens (tertiary/aromatic N) is 2. The van der Waals surface area contributed by atoms with Crippen molar-refractivity contribution in [1.29, 1.82) is 0 Å². The molecule has 0 radical (unpaired) electrons. The molecule has 0 heterocycles. The number of sulfonamides is 1. The lowest BCUT2D eigenvalue weighted by atomic mass is 9.88. The van der Waals surface area contributed by atoms with Gasteiger partial charge in [-0.15, -0.1) is 0 Å². The molecule has 2 aromatic rings.